The summed E-state index contributed by atoms with van der Waals surface area (Å²) in [4.78, 5) is 49.0. The molecule has 0 aliphatic carbocycles. The molecule has 0 aromatic heterocycles. The summed E-state index contributed by atoms with van der Waals surface area (Å²) in [6.07, 6.45) is 1.28. The summed E-state index contributed by atoms with van der Waals surface area (Å²) in [5.41, 5.74) is 0.571. The van der Waals surface area contributed by atoms with Crippen molar-refractivity contribution in [3.63, 3.8) is 0 Å². The van der Waals surface area contributed by atoms with E-state index < -0.39 is 30.1 Å². The van der Waals surface area contributed by atoms with E-state index in [0.29, 0.717) is 30.2 Å². The average molecular weight is 550 g/mol. The molecule has 39 heavy (non-hydrogen) atoms. The van der Waals surface area contributed by atoms with E-state index >= 15 is 0 Å². The summed E-state index contributed by atoms with van der Waals surface area (Å²) < 4.78 is 16.5. The number of ether oxygens (including phenoxy) is 3. The fourth-order valence-corrected chi connectivity index (χ4v) is 3.41. The Balaban J connectivity index is 2.99. The molecule has 0 saturated heterocycles. The van der Waals surface area contributed by atoms with Crippen LogP contribution in [0.15, 0.2) is 18.2 Å². The van der Waals surface area contributed by atoms with Crippen molar-refractivity contribution in [3.8, 4) is 11.5 Å². The zero-order chi connectivity index (χ0) is 29.7. The van der Waals surface area contributed by atoms with Crippen LogP contribution in [0.1, 0.15) is 86.6 Å². The van der Waals surface area contributed by atoms with Crippen LogP contribution >= 0.6 is 0 Å². The largest absolute Gasteiger partial charge is 0.480 e. The van der Waals surface area contributed by atoms with Crippen LogP contribution in [-0.4, -0.2) is 47.7 Å². The van der Waals surface area contributed by atoms with Gasteiger partial charge in [-0.05, 0) is 61.6 Å². The van der Waals surface area contributed by atoms with Crippen LogP contribution in [-0.2, 0) is 30.3 Å². The molecule has 0 fully saturated rings. The van der Waals surface area contributed by atoms with Crippen molar-refractivity contribution in [1.82, 2.24) is 5.32 Å². The molecule has 0 spiro atoms. The Labute approximate surface area is 233 Å². The molecule has 1 aromatic rings. The van der Waals surface area contributed by atoms with E-state index in [1.165, 1.54) is 12.1 Å². The quantitative estimate of drug-likeness (QED) is 0.199. The van der Waals surface area contributed by atoms with Gasteiger partial charge >= 0.3 is 23.9 Å². The lowest BCUT2D eigenvalue weighted by Gasteiger charge is -2.21. The first-order valence-electron chi connectivity index (χ1n) is 13.9. The van der Waals surface area contributed by atoms with Gasteiger partial charge in [0.1, 0.15) is 12.1 Å². The molecule has 0 aliphatic heterocycles. The van der Waals surface area contributed by atoms with E-state index in [4.69, 9.17) is 14.2 Å². The number of benzene rings is 1. The van der Waals surface area contributed by atoms with Gasteiger partial charge in [-0.15, -0.1) is 0 Å². The number of carboxylic acids is 1. The van der Waals surface area contributed by atoms with Crippen LogP contribution in [0.5, 0.6) is 11.5 Å². The molecule has 1 aromatic carbocycles. The van der Waals surface area contributed by atoms with E-state index in [0.717, 1.165) is 0 Å². The van der Waals surface area contributed by atoms with Gasteiger partial charge in [-0.2, -0.15) is 0 Å². The number of nitrogens with one attached hydrogen (secondary N) is 1. The van der Waals surface area contributed by atoms with Crippen molar-refractivity contribution in [2.24, 2.45) is 23.7 Å². The summed E-state index contributed by atoms with van der Waals surface area (Å²) in [6, 6.07) is 3.70. The molecule has 0 aliphatic rings. The molecule has 2 N–H and O–H groups in total. The Morgan fingerprint density at radius 2 is 1.36 bits per heavy atom. The minimum Gasteiger partial charge on any atom is -0.480 e. The summed E-state index contributed by atoms with van der Waals surface area (Å²) in [7, 11) is 0. The molecule has 0 radical (unpaired) electrons. The van der Waals surface area contributed by atoms with E-state index in [1.807, 2.05) is 41.5 Å². The van der Waals surface area contributed by atoms with Gasteiger partial charge in [0.15, 0.2) is 11.5 Å². The second kappa shape index (κ2) is 16.9. The molecule has 0 bridgehead atoms. The van der Waals surface area contributed by atoms with Gasteiger partial charge in [0.05, 0.1) is 5.92 Å². The summed E-state index contributed by atoms with van der Waals surface area (Å²) >= 11 is 0. The van der Waals surface area contributed by atoms with E-state index in [-0.39, 0.29) is 55.1 Å². The first-order chi connectivity index (χ1) is 18.2. The summed E-state index contributed by atoms with van der Waals surface area (Å²) in [6.45, 7) is 15.5. The minimum atomic E-state index is -1.08. The monoisotopic (exact) mass is 549 g/mol. The van der Waals surface area contributed by atoms with Crippen LogP contribution in [0.4, 0.5) is 0 Å². The number of esters is 3. The maximum Gasteiger partial charge on any atom is 0.321 e. The number of aliphatic carboxylic acids is 1. The second-order valence-corrected chi connectivity index (χ2v) is 11.4. The third kappa shape index (κ3) is 13.6. The second-order valence-electron chi connectivity index (χ2n) is 11.4. The van der Waals surface area contributed by atoms with Gasteiger partial charge in [-0.1, -0.05) is 54.5 Å². The Bertz CT molecular complexity index is 956. The third-order valence-corrected chi connectivity index (χ3v) is 6.39. The summed E-state index contributed by atoms with van der Waals surface area (Å²) in [5.74, 6) is -1.59. The highest BCUT2D eigenvalue weighted by Crippen LogP contribution is 2.30. The highest BCUT2D eigenvalue weighted by molar-refractivity contribution is 5.77. The van der Waals surface area contributed by atoms with Crippen molar-refractivity contribution >= 4 is 23.9 Å². The Kier molecular flexibility index (Phi) is 14.8. The van der Waals surface area contributed by atoms with Gasteiger partial charge < -0.3 is 24.6 Å². The number of hydrogen-bond donors (Lipinski definition) is 2. The first-order valence-corrected chi connectivity index (χ1v) is 13.9. The molecule has 2 unspecified atom stereocenters. The first kappa shape index (κ1) is 34.1. The topological polar surface area (TPSA) is 128 Å². The van der Waals surface area contributed by atoms with Gasteiger partial charge in [-0.25, -0.2) is 0 Å². The Morgan fingerprint density at radius 1 is 0.821 bits per heavy atom. The normalized spacial score (nSPS) is 13.7. The van der Waals surface area contributed by atoms with Gasteiger partial charge in [0.25, 0.3) is 0 Å². The minimum absolute atomic E-state index is 0.0660. The fraction of sp³-hybridized carbons (Fsp3) is 0.667. The van der Waals surface area contributed by atoms with Gasteiger partial charge in [-0.3, -0.25) is 19.2 Å². The van der Waals surface area contributed by atoms with Gasteiger partial charge in [0, 0.05) is 19.4 Å². The van der Waals surface area contributed by atoms with Gasteiger partial charge in [0.2, 0.25) is 0 Å². The molecule has 9 heteroatoms. The van der Waals surface area contributed by atoms with Crippen molar-refractivity contribution in [3.05, 3.63) is 23.8 Å². The van der Waals surface area contributed by atoms with Crippen molar-refractivity contribution < 1.29 is 38.5 Å². The number of carboxylic acid groups (broad SMARTS) is 1. The number of rotatable bonds is 17. The molecule has 9 nitrogen and oxygen atoms in total. The smallest absolute Gasteiger partial charge is 0.321 e. The zero-order valence-corrected chi connectivity index (χ0v) is 24.7. The molecule has 0 amide bonds. The molecule has 220 valence electrons. The Hall–Kier alpha value is -2.94. The lowest BCUT2D eigenvalue weighted by molar-refractivity contribution is -0.154. The molecule has 0 heterocycles. The molecular weight excluding hydrogens is 502 g/mol. The van der Waals surface area contributed by atoms with Crippen LogP contribution in [0.3, 0.4) is 0 Å². The van der Waals surface area contributed by atoms with Crippen molar-refractivity contribution in [1.29, 1.82) is 0 Å². The average Bonchev–Trinajstić information content (AvgIpc) is 2.84. The van der Waals surface area contributed by atoms with Crippen LogP contribution in [0.25, 0.3) is 0 Å². The summed E-state index contributed by atoms with van der Waals surface area (Å²) in [5, 5.41) is 12.7. The van der Waals surface area contributed by atoms with E-state index in [2.05, 4.69) is 5.32 Å². The van der Waals surface area contributed by atoms with E-state index in [9.17, 15) is 24.3 Å². The predicted molar refractivity (Wildman–Crippen MR) is 149 cm³/mol. The van der Waals surface area contributed by atoms with Crippen LogP contribution in [0.2, 0.25) is 0 Å². The molecule has 1 rings (SSSR count). The zero-order valence-electron chi connectivity index (χ0n) is 24.7. The van der Waals surface area contributed by atoms with Crippen LogP contribution in [0, 0.1) is 23.7 Å². The highest BCUT2D eigenvalue weighted by Gasteiger charge is 2.24. The van der Waals surface area contributed by atoms with Crippen LogP contribution < -0.4 is 14.8 Å². The number of hydrogen-bond acceptors (Lipinski definition) is 8. The van der Waals surface area contributed by atoms with Crippen molar-refractivity contribution in [2.45, 2.75) is 99.6 Å². The lowest BCUT2D eigenvalue weighted by Crippen LogP contribution is -2.43. The molecule has 3 atom stereocenters. The number of carbonyl (C=O) groups is 4. The standard InChI is InChI=1S/C30H47NO8/c1-18(2)9-13-27(32)38-25-12-11-23(16-26(25)39-28(33)14-10-19(3)4)15-24(29(34)35)31-17-21(7)37-30(36)22(8)20(5)6/h11-12,16,18-22,24,31H,9-10,13-15,17H2,1-8H3,(H,34,35)/t21?,22?,24-/m0/s1. The molecular formula is C30H47NO8. The lowest BCUT2D eigenvalue weighted by atomic mass is 9.98. The number of carbonyl (C=O) groups excluding carboxylic acids is 3. The highest BCUT2D eigenvalue weighted by atomic mass is 16.6. The van der Waals surface area contributed by atoms with Crippen molar-refractivity contribution in [2.75, 3.05) is 6.54 Å². The maximum atomic E-state index is 12.5. The maximum absolute atomic E-state index is 12.5. The molecule has 0 saturated carbocycles. The third-order valence-electron chi connectivity index (χ3n) is 6.39. The Morgan fingerprint density at radius 3 is 1.85 bits per heavy atom. The van der Waals surface area contributed by atoms with E-state index in [1.54, 1.807) is 19.9 Å². The predicted octanol–water partition coefficient (Wildman–Crippen LogP) is 5.18. The fourth-order valence-electron chi connectivity index (χ4n) is 3.41. The SMILES string of the molecule is CC(C)CCC(=O)Oc1ccc(C[C@H](NCC(C)OC(=O)C(C)C(C)C)C(=O)O)cc1OC(=O)CCC(C)C.